The molecule has 1 aromatic rings. The summed E-state index contributed by atoms with van der Waals surface area (Å²) in [6.07, 6.45) is 9.52. The summed E-state index contributed by atoms with van der Waals surface area (Å²) in [4.78, 5) is 17.6. The van der Waals surface area contributed by atoms with Gasteiger partial charge in [-0.2, -0.15) is 0 Å². The molecule has 1 atom stereocenters. The first-order chi connectivity index (χ1) is 13.1. The van der Waals surface area contributed by atoms with Crippen molar-refractivity contribution in [1.82, 2.24) is 15.2 Å². The summed E-state index contributed by atoms with van der Waals surface area (Å²) >= 11 is 0. The zero-order chi connectivity index (χ0) is 19.2. The van der Waals surface area contributed by atoms with Crippen LogP contribution in [0.3, 0.4) is 0 Å². The number of piperidine rings is 1. The second-order valence-corrected chi connectivity index (χ2v) is 7.25. The molecule has 1 aliphatic carbocycles. The summed E-state index contributed by atoms with van der Waals surface area (Å²) in [7, 11) is 3.25. The van der Waals surface area contributed by atoms with E-state index in [1.807, 2.05) is 19.2 Å². The summed E-state index contributed by atoms with van der Waals surface area (Å²) in [5, 5.41) is 16.8. The number of esters is 1. The number of ether oxygens (including phenoxy) is 1. The Kier molecular flexibility index (Phi) is 6.55. The van der Waals surface area contributed by atoms with Crippen molar-refractivity contribution in [2.24, 2.45) is 5.92 Å². The number of aromatic amines is 1. The SMILES string of the molecule is CNc1[nH]c2c(c1C(=N)NCCCN1CCCCC1)=CCC(C(=O)OC)C=2. The van der Waals surface area contributed by atoms with Crippen LogP contribution in [0.2, 0.25) is 0 Å². The lowest BCUT2D eigenvalue weighted by Gasteiger charge is -2.26. The molecule has 0 aromatic carbocycles. The fourth-order valence-corrected chi connectivity index (χ4v) is 3.94. The van der Waals surface area contributed by atoms with Crippen LogP contribution in [0.4, 0.5) is 5.82 Å². The summed E-state index contributed by atoms with van der Waals surface area (Å²) in [5.41, 5.74) is 0.838. The Labute approximate surface area is 160 Å². The van der Waals surface area contributed by atoms with E-state index in [-0.39, 0.29) is 11.9 Å². The number of anilines is 1. The molecule has 0 saturated carbocycles. The van der Waals surface area contributed by atoms with Crippen molar-refractivity contribution >= 4 is 29.8 Å². The largest absolute Gasteiger partial charge is 0.469 e. The van der Waals surface area contributed by atoms with E-state index < -0.39 is 0 Å². The molecule has 4 N–H and O–H groups in total. The minimum atomic E-state index is -0.273. The second-order valence-electron chi connectivity index (χ2n) is 7.25. The maximum atomic E-state index is 11.8. The van der Waals surface area contributed by atoms with Gasteiger partial charge >= 0.3 is 5.97 Å². The summed E-state index contributed by atoms with van der Waals surface area (Å²) in [6.45, 7) is 4.29. The quantitative estimate of drug-likeness (QED) is 0.243. The molecular formula is C20H31N5O2. The zero-order valence-electron chi connectivity index (χ0n) is 16.4. The molecule has 27 heavy (non-hydrogen) atoms. The van der Waals surface area contributed by atoms with Crippen molar-refractivity contribution in [1.29, 1.82) is 5.41 Å². The van der Waals surface area contributed by atoms with Crippen molar-refractivity contribution in [3.63, 3.8) is 0 Å². The number of carbonyl (C=O) groups is 1. The lowest BCUT2D eigenvalue weighted by atomic mass is 9.99. The Bertz CT molecular complexity index is 792. The van der Waals surface area contributed by atoms with Crippen LogP contribution in [0.25, 0.3) is 12.2 Å². The van der Waals surface area contributed by atoms with Crippen molar-refractivity contribution in [2.45, 2.75) is 32.1 Å². The average molecular weight is 374 g/mol. The number of aromatic nitrogens is 1. The van der Waals surface area contributed by atoms with E-state index in [4.69, 9.17) is 10.1 Å². The van der Waals surface area contributed by atoms with E-state index in [9.17, 15) is 4.79 Å². The molecule has 2 aliphatic rings. The van der Waals surface area contributed by atoms with E-state index in [1.165, 1.54) is 39.5 Å². The Morgan fingerprint density at radius 2 is 2.15 bits per heavy atom. The molecule has 0 bridgehead atoms. The average Bonchev–Trinajstić information content (AvgIpc) is 3.09. The Balaban J connectivity index is 1.65. The molecule has 0 amide bonds. The first-order valence-corrected chi connectivity index (χ1v) is 9.88. The number of fused-ring (bicyclic) bond motifs is 1. The van der Waals surface area contributed by atoms with Crippen LogP contribution >= 0.6 is 0 Å². The smallest absolute Gasteiger partial charge is 0.312 e. The molecule has 1 aromatic heterocycles. The van der Waals surface area contributed by atoms with Crippen molar-refractivity contribution < 1.29 is 9.53 Å². The highest BCUT2D eigenvalue weighted by Gasteiger charge is 2.21. The van der Waals surface area contributed by atoms with Gasteiger partial charge < -0.3 is 25.3 Å². The van der Waals surface area contributed by atoms with Gasteiger partial charge in [0.25, 0.3) is 0 Å². The normalized spacial score (nSPS) is 19.4. The maximum absolute atomic E-state index is 11.8. The highest BCUT2D eigenvalue weighted by atomic mass is 16.5. The van der Waals surface area contributed by atoms with Crippen molar-refractivity contribution in [2.75, 3.05) is 45.7 Å². The molecular weight excluding hydrogens is 342 g/mol. The van der Waals surface area contributed by atoms with E-state index in [2.05, 4.69) is 20.5 Å². The van der Waals surface area contributed by atoms with Gasteiger partial charge in [-0.25, -0.2) is 0 Å². The highest BCUT2D eigenvalue weighted by Crippen LogP contribution is 2.14. The first-order valence-electron chi connectivity index (χ1n) is 9.88. The number of H-pyrrole nitrogens is 1. The zero-order valence-corrected chi connectivity index (χ0v) is 16.4. The van der Waals surface area contributed by atoms with Gasteiger partial charge in [-0.1, -0.05) is 12.5 Å². The van der Waals surface area contributed by atoms with Crippen LogP contribution < -0.4 is 21.2 Å². The fourth-order valence-electron chi connectivity index (χ4n) is 3.94. The van der Waals surface area contributed by atoms with Gasteiger partial charge in [-0.15, -0.1) is 0 Å². The molecule has 2 heterocycles. The number of carbonyl (C=O) groups excluding carboxylic acids is 1. The standard InChI is InChI=1S/C20H31N5O2/c1-22-19-17(15-8-7-14(20(26)27-2)13-16(15)24-19)18(21)23-9-6-12-25-10-4-3-5-11-25/h8,13-14,22,24H,3-7,9-12H2,1-2H3,(H2,21,23). The van der Waals surface area contributed by atoms with Crippen LogP contribution in [0.5, 0.6) is 0 Å². The van der Waals surface area contributed by atoms with Gasteiger partial charge in [0.1, 0.15) is 11.7 Å². The molecule has 7 heteroatoms. The third-order valence-corrected chi connectivity index (χ3v) is 5.42. The summed E-state index contributed by atoms with van der Waals surface area (Å²) in [6, 6.07) is 0. The number of methoxy groups -OCH3 is 1. The third-order valence-electron chi connectivity index (χ3n) is 5.42. The molecule has 0 radical (unpaired) electrons. The highest BCUT2D eigenvalue weighted by molar-refractivity contribution is 6.01. The van der Waals surface area contributed by atoms with E-state index in [1.54, 1.807) is 0 Å². The predicted molar refractivity (Wildman–Crippen MR) is 108 cm³/mol. The number of nitrogens with one attached hydrogen (secondary N) is 4. The summed E-state index contributed by atoms with van der Waals surface area (Å²) < 4.78 is 4.85. The number of hydrogen-bond donors (Lipinski definition) is 4. The van der Waals surface area contributed by atoms with Gasteiger partial charge in [0.05, 0.1) is 18.6 Å². The number of amidine groups is 1. The summed E-state index contributed by atoms with van der Waals surface area (Å²) in [5.74, 6) is 0.707. The van der Waals surface area contributed by atoms with Crippen LogP contribution in [0, 0.1) is 11.3 Å². The van der Waals surface area contributed by atoms with E-state index in [0.717, 1.165) is 41.5 Å². The Morgan fingerprint density at radius 1 is 1.37 bits per heavy atom. The minimum Gasteiger partial charge on any atom is -0.469 e. The molecule has 1 aliphatic heterocycles. The fraction of sp³-hybridized carbons (Fsp3) is 0.600. The number of rotatable bonds is 7. The molecule has 1 saturated heterocycles. The predicted octanol–water partition coefficient (Wildman–Crippen LogP) is 0.601. The molecule has 1 fully saturated rings. The third kappa shape index (κ3) is 4.53. The number of nitrogens with zero attached hydrogens (tertiary/aromatic N) is 1. The van der Waals surface area contributed by atoms with Crippen LogP contribution in [-0.2, 0) is 9.53 Å². The monoisotopic (exact) mass is 373 g/mol. The Hall–Kier alpha value is -2.28. The lowest BCUT2D eigenvalue weighted by Crippen LogP contribution is -2.37. The van der Waals surface area contributed by atoms with Crippen molar-refractivity contribution in [3.05, 3.63) is 16.1 Å². The van der Waals surface area contributed by atoms with Crippen LogP contribution in [0.1, 0.15) is 37.7 Å². The molecule has 7 nitrogen and oxygen atoms in total. The number of hydrogen-bond acceptors (Lipinski definition) is 5. The van der Waals surface area contributed by atoms with Gasteiger partial charge in [0.15, 0.2) is 0 Å². The van der Waals surface area contributed by atoms with Gasteiger partial charge in [0, 0.05) is 24.2 Å². The molecule has 148 valence electrons. The topological polar surface area (TPSA) is 93.2 Å². The molecule has 1 unspecified atom stereocenters. The van der Waals surface area contributed by atoms with Gasteiger partial charge in [-0.05, 0) is 51.4 Å². The second kappa shape index (κ2) is 9.08. The van der Waals surface area contributed by atoms with Crippen molar-refractivity contribution in [3.8, 4) is 0 Å². The van der Waals surface area contributed by atoms with Crippen LogP contribution in [-0.4, -0.2) is 62.0 Å². The lowest BCUT2D eigenvalue weighted by molar-refractivity contribution is -0.143. The molecule has 0 spiro atoms. The number of likely N-dealkylation sites (tertiary alicyclic amines) is 1. The molecule has 3 rings (SSSR count). The van der Waals surface area contributed by atoms with E-state index in [0.29, 0.717) is 12.3 Å². The van der Waals surface area contributed by atoms with E-state index >= 15 is 0 Å². The first kappa shape index (κ1) is 19.5. The maximum Gasteiger partial charge on any atom is 0.312 e. The van der Waals surface area contributed by atoms with Gasteiger partial charge in [-0.3, -0.25) is 10.2 Å². The minimum absolute atomic E-state index is 0.232. The van der Waals surface area contributed by atoms with Gasteiger partial charge in [0.2, 0.25) is 0 Å². The van der Waals surface area contributed by atoms with Crippen LogP contribution in [0.15, 0.2) is 0 Å². The Morgan fingerprint density at radius 3 is 2.85 bits per heavy atom.